The summed E-state index contributed by atoms with van der Waals surface area (Å²) in [5, 5.41) is 0. The molecule has 3 aliphatic rings. The van der Waals surface area contributed by atoms with Gasteiger partial charge in [0, 0.05) is 37.3 Å². The van der Waals surface area contributed by atoms with Gasteiger partial charge in [0.25, 0.3) is 0 Å². The second-order valence-electron chi connectivity index (χ2n) is 10.4. The first-order valence-corrected chi connectivity index (χ1v) is 13.1. The van der Waals surface area contributed by atoms with Gasteiger partial charge in [-0.15, -0.1) is 0 Å². The molecule has 3 aliphatic heterocycles. The first-order chi connectivity index (χ1) is 15.8. The molecule has 2 fully saturated rings. The predicted molar refractivity (Wildman–Crippen MR) is 142 cm³/mol. The molecular weight excluding hydrogens is 404 g/mol. The summed E-state index contributed by atoms with van der Waals surface area (Å²) in [6.45, 7) is 22.7. The fourth-order valence-electron chi connectivity index (χ4n) is 5.70. The van der Waals surface area contributed by atoms with Crippen molar-refractivity contribution < 1.29 is 4.74 Å². The van der Waals surface area contributed by atoms with Gasteiger partial charge in [0.1, 0.15) is 11.4 Å². The quantitative estimate of drug-likeness (QED) is 0.443. The molecule has 0 amide bonds. The zero-order valence-electron chi connectivity index (χ0n) is 22.0. The van der Waals surface area contributed by atoms with E-state index in [1.165, 1.54) is 61.2 Å². The molecule has 0 atom stereocenters. The van der Waals surface area contributed by atoms with Gasteiger partial charge in [-0.1, -0.05) is 56.9 Å². The SMILES string of the molecule is C=C(C(/C=C\C)=C/C)N1CCC2(CCN(Cc3cccc4c3OC(C)(C)C4)CC2)CC1.CC. The summed E-state index contributed by atoms with van der Waals surface area (Å²) in [6.07, 6.45) is 12.7. The average Bonchev–Trinajstić information content (AvgIpc) is 3.15. The van der Waals surface area contributed by atoms with Gasteiger partial charge >= 0.3 is 0 Å². The van der Waals surface area contributed by atoms with Crippen LogP contribution in [0.5, 0.6) is 5.75 Å². The third kappa shape index (κ3) is 5.93. The summed E-state index contributed by atoms with van der Waals surface area (Å²) in [4.78, 5) is 5.14. The molecule has 3 heteroatoms. The Balaban J connectivity index is 0.00000149. The van der Waals surface area contributed by atoms with Crippen molar-refractivity contribution in [1.82, 2.24) is 9.80 Å². The van der Waals surface area contributed by atoms with Crippen molar-refractivity contribution in [3.8, 4) is 5.75 Å². The largest absolute Gasteiger partial charge is 0.487 e. The molecule has 0 aromatic heterocycles. The lowest BCUT2D eigenvalue weighted by Gasteiger charge is -2.48. The van der Waals surface area contributed by atoms with E-state index in [0.717, 1.165) is 31.8 Å². The molecule has 182 valence electrons. The lowest BCUT2D eigenvalue weighted by Crippen LogP contribution is -2.46. The fraction of sp³-hybridized carbons (Fsp3) is 0.600. The van der Waals surface area contributed by atoms with Crippen LogP contribution in [0.25, 0.3) is 0 Å². The molecule has 1 aromatic carbocycles. The Morgan fingerprint density at radius 2 is 1.67 bits per heavy atom. The molecular formula is C30H46N2O. The Hall–Kier alpha value is -2.00. The van der Waals surface area contributed by atoms with Crippen LogP contribution >= 0.6 is 0 Å². The van der Waals surface area contributed by atoms with Gasteiger partial charge in [-0.25, -0.2) is 0 Å². The lowest BCUT2D eigenvalue weighted by atomic mass is 9.71. The number of hydrogen-bond acceptors (Lipinski definition) is 3. The van der Waals surface area contributed by atoms with Gasteiger partial charge in [0.05, 0.1) is 0 Å². The summed E-state index contributed by atoms with van der Waals surface area (Å²) >= 11 is 0. The van der Waals surface area contributed by atoms with Crippen LogP contribution in [0.4, 0.5) is 0 Å². The number of ether oxygens (including phenoxy) is 1. The third-order valence-electron chi connectivity index (χ3n) is 7.68. The Labute approximate surface area is 203 Å². The van der Waals surface area contributed by atoms with Crippen LogP contribution in [0.1, 0.15) is 78.4 Å². The Morgan fingerprint density at radius 1 is 1.03 bits per heavy atom. The summed E-state index contributed by atoms with van der Waals surface area (Å²) in [7, 11) is 0. The van der Waals surface area contributed by atoms with E-state index in [2.05, 4.69) is 80.5 Å². The summed E-state index contributed by atoms with van der Waals surface area (Å²) in [6, 6.07) is 6.70. The number of para-hydroxylation sites is 1. The van der Waals surface area contributed by atoms with E-state index >= 15 is 0 Å². The van der Waals surface area contributed by atoms with Gasteiger partial charge < -0.3 is 9.64 Å². The fourth-order valence-corrected chi connectivity index (χ4v) is 5.70. The number of hydrogen-bond donors (Lipinski definition) is 0. The zero-order valence-corrected chi connectivity index (χ0v) is 22.0. The number of nitrogens with zero attached hydrogens (tertiary/aromatic N) is 2. The van der Waals surface area contributed by atoms with E-state index in [-0.39, 0.29) is 5.60 Å². The molecule has 0 unspecified atom stereocenters. The van der Waals surface area contributed by atoms with Crippen LogP contribution < -0.4 is 4.74 Å². The normalized spacial score (nSPS) is 22.0. The standard InChI is InChI=1S/C28H40N2O.C2H6/c1-6-9-23(7-2)22(3)30-18-14-28(15-19-30)12-16-29(17-13-28)21-25-11-8-10-24-20-27(4,5)31-26(24)25;1-2/h6-11H,3,12-21H2,1-2,4-5H3;1-2H3/b9-6-,23-7+;. The average molecular weight is 451 g/mol. The molecule has 33 heavy (non-hydrogen) atoms. The van der Waals surface area contributed by atoms with Crippen LogP contribution in [-0.2, 0) is 13.0 Å². The van der Waals surface area contributed by atoms with Gasteiger partial charge in [-0.2, -0.15) is 0 Å². The highest BCUT2D eigenvalue weighted by Crippen LogP contribution is 2.43. The van der Waals surface area contributed by atoms with E-state index < -0.39 is 0 Å². The van der Waals surface area contributed by atoms with Crippen molar-refractivity contribution in [1.29, 1.82) is 0 Å². The van der Waals surface area contributed by atoms with E-state index in [1.807, 2.05) is 13.8 Å². The van der Waals surface area contributed by atoms with Crippen molar-refractivity contribution in [2.24, 2.45) is 5.41 Å². The molecule has 0 N–H and O–H groups in total. The Bertz CT molecular complexity index is 861. The molecule has 1 spiro atoms. The molecule has 0 saturated carbocycles. The maximum absolute atomic E-state index is 6.31. The van der Waals surface area contributed by atoms with Crippen LogP contribution in [-0.4, -0.2) is 41.6 Å². The number of fused-ring (bicyclic) bond motifs is 1. The summed E-state index contributed by atoms with van der Waals surface area (Å²) in [5.74, 6) is 1.15. The topological polar surface area (TPSA) is 15.7 Å². The minimum atomic E-state index is -0.0673. The molecule has 0 aliphatic carbocycles. The molecule has 0 radical (unpaired) electrons. The molecule has 3 heterocycles. The number of allylic oxidation sites excluding steroid dienone is 3. The van der Waals surface area contributed by atoms with Crippen LogP contribution in [0.15, 0.2) is 54.3 Å². The van der Waals surface area contributed by atoms with Gasteiger partial charge in [-0.05, 0) is 83.0 Å². The highest BCUT2D eigenvalue weighted by Gasteiger charge is 2.38. The third-order valence-corrected chi connectivity index (χ3v) is 7.68. The Kier molecular flexibility index (Phi) is 8.50. The van der Waals surface area contributed by atoms with Gasteiger partial charge in [-0.3, -0.25) is 4.90 Å². The lowest BCUT2D eigenvalue weighted by molar-refractivity contribution is 0.0423. The van der Waals surface area contributed by atoms with Crippen molar-refractivity contribution in [3.05, 3.63) is 65.4 Å². The maximum Gasteiger partial charge on any atom is 0.127 e. The number of likely N-dealkylation sites (tertiary alicyclic amines) is 2. The van der Waals surface area contributed by atoms with Crippen molar-refractivity contribution >= 4 is 0 Å². The minimum Gasteiger partial charge on any atom is -0.487 e. The first-order valence-electron chi connectivity index (χ1n) is 13.1. The van der Waals surface area contributed by atoms with Crippen LogP contribution in [0.3, 0.4) is 0 Å². The predicted octanol–water partition coefficient (Wildman–Crippen LogP) is 7.14. The highest BCUT2D eigenvalue weighted by molar-refractivity contribution is 5.45. The van der Waals surface area contributed by atoms with E-state index in [4.69, 9.17) is 4.74 Å². The monoisotopic (exact) mass is 450 g/mol. The smallest absolute Gasteiger partial charge is 0.127 e. The second-order valence-corrected chi connectivity index (χ2v) is 10.4. The van der Waals surface area contributed by atoms with Crippen molar-refractivity contribution in [2.45, 2.75) is 85.8 Å². The van der Waals surface area contributed by atoms with Crippen LogP contribution in [0, 0.1) is 5.41 Å². The zero-order chi connectivity index (χ0) is 24.1. The number of benzene rings is 1. The molecule has 1 aromatic rings. The number of piperidine rings is 2. The molecule has 2 saturated heterocycles. The van der Waals surface area contributed by atoms with Crippen molar-refractivity contribution in [3.63, 3.8) is 0 Å². The molecule has 4 rings (SSSR count). The van der Waals surface area contributed by atoms with E-state index in [1.54, 1.807) is 0 Å². The summed E-state index contributed by atoms with van der Waals surface area (Å²) in [5.41, 5.74) is 5.65. The molecule has 0 bridgehead atoms. The van der Waals surface area contributed by atoms with E-state index in [0.29, 0.717) is 5.41 Å². The minimum absolute atomic E-state index is 0.0673. The van der Waals surface area contributed by atoms with E-state index in [9.17, 15) is 0 Å². The molecule has 3 nitrogen and oxygen atoms in total. The van der Waals surface area contributed by atoms with Gasteiger partial charge in [0.15, 0.2) is 0 Å². The second kappa shape index (κ2) is 11.0. The van der Waals surface area contributed by atoms with Crippen molar-refractivity contribution in [2.75, 3.05) is 26.2 Å². The summed E-state index contributed by atoms with van der Waals surface area (Å²) < 4.78 is 6.31. The number of rotatable bonds is 5. The van der Waals surface area contributed by atoms with Gasteiger partial charge in [0.2, 0.25) is 0 Å². The van der Waals surface area contributed by atoms with Crippen LogP contribution in [0.2, 0.25) is 0 Å². The Morgan fingerprint density at radius 3 is 2.27 bits per heavy atom. The highest BCUT2D eigenvalue weighted by atomic mass is 16.5. The maximum atomic E-state index is 6.31. The first kappa shape index (κ1) is 25.6.